The van der Waals surface area contributed by atoms with Gasteiger partial charge >= 0.3 is 6.09 Å². The molecule has 4 rings (SSSR count). The molecule has 1 aliphatic rings. The summed E-state index contributed by atoms with van der Waals surface area (Å²) in [4.78, 5) is 19.1. The minimum absolute atomic E-state index is 0.171. The van der Waals surface area contributed by atoms with Crippen LogP contribution in [0.5, 0.6) is 5.88 Å². The van der Waals surface area contributed by atoms with Gasteiger partial charge in [-0.15, -0.1) is 0 Å². The minimum Gasteiger partial charge on any atom is -0.471 e. The van der Waals surface area contributed by atoms with Crippen LogP contribution in [0.15, 0.2) is 30.9 Å². The van der Waals surface area contributed by atoms with Gasteiger partial charge in [0.25, 0.3) is 0 Å². The Labute approximate surface area is 175 Å². The third-order valence-electron chi connectivity index (χ3n) is 4.91. The Morgan fingerprint density at radius 1 is 1.20 bits per heavy atom. The fourth-order valence-corrected chi connectivity index (χ4v) is 3.53. The first kappa shape index (κ1) is 20.2. The van der Waals surface area contributed by atoms with Crippen LogP contribution in [0.4, 0.5) is 4.79 Å². The smallest absolute Gasteiger partial charge is 0.410 e. The third kappa shape index (κ3) is 4.55. The number of rotatable bonds is 3. The van der Waals surface area contributed by atoms with Crippen LogP contribution in [0.25, 0.3) is 16.8 Å². The van der Waals surface area contributed by atoms with E-state index in [-0.39, 0.29) is 12.2 Å². The molecule has 0 N–H and O–H groups in total. The van der Waals surface area contributed by atoms with Crippen molar-refractivity contribution in [1.82, 2.24) is 29.3 Å². The van der Waals surface area contributed by atoms with E-state index in [0.717, 1.165) is 36.0 Å². The Morgan fingerprint density at radius 2 is 2.03 bits per heavy atom. The maximum atomic E-state index is 12.6. The predicted octanol–water partition coefficient (Wildman–Crippen LogP) is 3.30. The second kappa shape index (κ2) is 7.97. The Kier molecular flexibility index (Phi) is 5.36. The van der Waals surface area contributed by atoms with Gasteiger partial charge in [0.2, 0.25) is 5.88 Å². The molecule has 0 bridgehead atoms. The van der Waals surface area contributed by atoms with Gasteiger partial charge in [-0.2, -0.15) is 10.2 Å². The monoisotopic (exact) mass is 412 g/mol. The molecule has 30 heavy (non-hydrogen) atoms. The van der Waals surface area contributed by atoms with Crippen LogP contribution in [-0.2, 0) is 11.8 Å². The standard InChI is InChI=1S/C21H28N6O3/c1-21(2,3)30-20(28)26-10-6-5-7-16(13-26)29-19-18-8-9-22-27(18)14-17(24-19)15-11-23-25(4)12-15/h8-9,11-12,14,16H,5-7,10,13H2,1-4H3/t16-/m1/s1. The van der Waals surface area contributed by atoms with Crippen LogP contribution < -0.4 is 4.74 Å². The molecule has 0 unspecified atom stereocenters. The van der Waals surface area contributed by atoms with E-state index >= 15 is 0 Å². The summed E-state index contributed by atoms with van der Waals surface area (Å²) < 4.78 is 15.4. The molecule has 0 aliphatic carbocycles. The number of carbonyl (C=O) groups excluding carboxylic acids is 1. The number of carbonyl (C=O) groups is 1. The Bertz CT molecular complexity index is 1030. The number of amides is 1. The van der Waals surface area contributed by atoms with Crippen molar-refractivity contribution in [3.05, 3.63) is 30.9 Å². The maximum absolute atomic E-state index is 12.6. The van der Waals surface area contributed by atoms with E-state index < -0.39 is 5.60 Å². The second-order valence-corrected chi connectivity index (χ2v) is 8.66. The lowest BCUT2D eigenvalue weighted by molar-refractivity contribution is 0.0190. The number of hydrogen-bond donors (Lipinski definition) is 0. The first-order chi connectivity index (χ1) is 14.3. The molecule has 0 saturated carbocycles. The van der Waals surface area contributed by atoms with E-state index in [2.05, 4.69) is 10.2 Å². The number of aryl methyl sites for hydroxylation is 1. The van der Waals surface area contributed by atoms with Crippen molar-refractivity contribution in [2.45, 2.75) is 51.7 Å². The molecule has 160 valence electrons. The maximum Gasteiger partial charge on any atom is 0.410 e. The van der Waals surface area contributed by atoms with E-state index in [1.807, 2.05) is 46.3 Å². The van der Waals surface area contributed by atoms with Gasteiger partial charge in [-0.1, -0.05) is 0 Å². The van der Waals surface area contributed by atoms with Crippen LogP contribution in [0.3, 0.4) is 0 Å². The lowest BCUT2D eigenvalue weighted by Crippen LogP contribution is -2.41. The van der Waals surface area contributed by atoms with Gasteiger partial charge in [0.15, 0.2) is 0 Å². The van der Waals surface area contributed by atoms with Crippen molar-refractivity contribution < 1.29 is 14.3 Å². The molecule has 9 nitrogen and oxygen atoms in total. The van der Waals surface area contributed by atoms with Crippen molar-refractivity contribution in [2.75, 3.05) is 13.1 Å². The van der Waals surface area contributed by atoms with E-state index in [0.29, 0.717) is 19.0 Å². The average Bonchev–Trinajstić information content (AvgIpc) is 3.24. The molecule has 1 fully saturated rings. The molecule has 1 atom stereocenters. The summed E-state index contributed by atoms with van der Waals surface area (Å²) in [5.74, 6) is 0.505. The topological polar surface area (TPSA) is 86.8 Å². The van der Waals surface area contributed by atoms with Gasteiger partial charge in [-0.25, -0.2) is 14.3 Å². The molecule has 0 aromatic carbocycles. The summed E-state index contributed by atoms with van der Waals surface area (Å²) >= 11 is 0. The zero-order valence-electron chi connectivity index (χ0n) is 17.9. The lowest BCUT2D eigenvalue weighted by Gasteiger charge is -2.28. The zero-order valence-corrected chi connectivity index (χ0v) is 17.9. The van der Waals surface area contributed by atoms with E-state index in [9.17, 15) is 4.79 Å². The van der Waals surface area contributed by atoms with Crippen LogP contribution in [0.1, 0.15) is 40.0 Å². The van der Waals surface area contributed by atoms with Gasteiger partial charge in [0.1, 0.15) is 17.2 Å². The summed E-state index contributed by atoms with van der Waals surface area (Å²) in [5, 5.41) is 8.58. The molecule has 1 saturated heterocycles. The van der Waals surface area contributed by atoms with E-state index in [1.54, 1.807) is 26.5 Å². The van der Waals surface area contributed by atoms with Gasteiger partial charge in [0, 0.05) is 25.4 Å². The zero-order chi connectivity index (χ0) is 21.3. The highest BCUT2D eigenvalue weighted by Gasteiger charge is 2.28. The quantitative estimate of drug-likeness (QED) is 0.656. The normalized spacial score (nSPS) is 17.7. The fourth-order valence-electron chi connectivity index (χ4n) is 3.53. The average molecular weight is 412 g/mol. The molecular formula is C21H28N6O3. The molecular weight excluding hydrogens is 384 g/mol. The summed E-state index contributed by atoms with van der Waals surface area (Å²) in [6.45, 7) is 6.76. The predicted molar refractivity (Wildman–Crippen MR) is 111 cm³/mol. The molecule has 3 aromatic heterocycles. The molecule has 0 spiro atoms. The van der Waals surface area contributed by atoms with Gasteiger partial charge in [-0.05, 0) is 46.1 Å². The van der Waals surface area contributed by atoms with Crippen molar-refractivity contribution >= 4 is 11.6 Å². The summed E-state index contributed by atoms with van der Waals surface area (Å²) in [6, 6.07) is 1.87. The number of ether oxygens (including phenoxy) is 2. The number of fused-ring (bicyclic) bond motifs is 1. The molecule has 9 heteroatoms. The number of nitrogens with zero attached hydrogens (tertiary/aromatic N) is 6. The first-order valence-corrected chi connectivity index (χ1v) is 10.3. The fraction of sp³-hybridized carbons (Fsp3) is 0.524. The lowest BCUT2D eigenvalue weighted by atomic mass is 10.2. The second-order valence-electron chi connectivity index (χ2n) is 8.66. The van der Waals surface area contributed by atoms with Crippen molar-refractivity contribution in [3.63, 3.8) is 0 Å². The summed E-state index contributed by atoms with van der Waals surface area (Å²) in [5.41, 5.74) is 1.88. The Morgan fingerprint density at radius 3 is 2.77 bits per heavy atom. The minimum atomic E-state index is -0.525. The van der Waals surface area contributed by atoms with E-state index in [1.165, 1.54) is 0 Å². The summed E-state index contributed by atoms with van der Waals surface area (Å²) in [7, 11) is 1.87. The van der Waals surface area contributed by atoms with Gasteiger partial charge in [0.05, 0.1) is 30.8 Å². The first-order valence-electron chi connectivity index (χ1n) is 10.3. The number of aromatic nitrogens is 5. The van der Waals surface area contributed by atoms with Crippen molar-refractivity contribution in [1.29, 1.82) is 0 Å². The van der Waals surface area contributed by atoms with Crippen LogP contribution in [-0.4, -0.2) is 60.2 Å². The Balaban J connectivity index is 1.58. The van der Waals surface area contributed by atoms with Crippen LogP contribution in [0.2, 0.25) is 0 Å². The largest absolute Gasteiger partial charge is 0.471 e. The van der Waals surface area contributed by atoms with Crippen LogP contribution in [0, 0.1) is 0 Å². The summed E-state index contributed by atoms with van der Waals surface area (Å²) in [6.07, 6.45) is 9.51. The molecule has 3 aromatic rings. The Hall–Kier alpha value is -3.10. The highest BCUT2D eigenvalue weighted by atomic mass is 16.6. The SMILES string of the molecule is Cn1cc(-c2cn3nccc3c(O[C@@H]3CCCCN(C(=O)OC(C)(C)C)C3)n2)cn1. The van der Waals surface area contributed by atoms with Crippen molar-refractivity contribution in [3.8, 4) is 17.1 Å². The molecule has 1 aliphatic heterocycles. The van der Waals surface area contributed by atoms with Crippen molar-refractivity contribution in [2.24, 2.45) is 7.05 Å². The van der Waals surface area contributed by atoms with Gasteiger partial charge in [-0.3, -0.25) is 4.68 Å². The number of hydrogen-bond acceptors (Lipinski definition) is 6. The molecule has 0 radical (unpaired) electrons. The molecule has 4 heterocycles. The third-order valence-corrected chi connectivity index (χ3v) is 4.91. The highest BCUT2D eigenvalue weighted by Crippen LogP contribution is 2.26. The number of likely N-dealkylation sites (tertiary alicyclic amines) is 1. The van der Waals surface area contributed by atoms with Crippen LogP contribution >= 0.6 is 0 Å². The van der Waals surface area contributed by atoms with E-state index in [4.69, 9.17) is 14.5 Å². The highest BCUT2D eigenvalue weighted by molar-refractivity contribution is 5.68. The molecule has 1 amide bonds. The van der Waals surface area contributed by atoms with Gasteiger partial charge < -0.3 is 14.4 Å².